The number of aromatic nitrogens is 1. The zero-order valence-electron chi connectivity index (χ0n) is 12.8. The van der Waals surface area contributed by atoms with Crippen LogP contribution >= 0.6 is 0 Å². The summed E-state index contributed by atoms with van der Waals surface area (Å²) in [6.07, 6.45) is 7.44. The highest BCUT2D eigenvalue weighted by Gasteiger charge is 2.42. The molecular formula is C17H25N3O. The van der Waals surface area contributed by atoms with Crippen LogP contribution in [0.2, 0.25) is 0 Å². The molecule has 1 aliphatic heterocycles. The Kier molecular flexibility index (Phi) is 3.59. The van der Waals surface area contributed by atoms with Gasteiger partial charge in [0, 0.05) is 43.5 Å². The standard InChI is InChI=1S/C17H25N3O/c1-21-17-14(3-2-8-18-17)10-20-11-15(12-4-5-12)19-9-16(20)13-6-7-13/h2-3,8,12-13,15-16,19H,4-7,9-11H2,1H3. The van der Waals surface area contributed by atoms with Gasteiger partial charge in [-0.15, -0.1) is 0 Å². The van der Waals surface area contributed by atoms with Crippen molar-refractivity contribution in [2.24, 2.45) is 11.8 Å². The quantitative estimate of drug-likeness (QED) is 0.899. The molecule has 2 atom stereocenters. The van der Waals surface area contributed by atoms with Gasteiger partial charge < -0.3 is 10.1 Å². The molecule has 4 rings (SSSR count). The number of ether oxygens (including phenoxy) is 1. The van der Waals surface area contributed by atoms with Crippen molar-refractivity contribution in [3.8, 4) is 5.88 Å². The van der Waals surface area contributed by atoms with E-state index in [1.54, 1.807) is 7.11 Å². The maximum absolute atomic E-state index is 5.43. The van der Waals surface area contributed by atoms with Gasteiger partial charge in [0.25, 0.3) is 0 Å². The summed E-state index contributed by atoms with van der Waals surface area (Å²) in [6, 6.07) is 5.57. The van der Waals surface area contributed by atoms with Crippen LogP contribution in [0.5, 0.6) is 5.88 Å². The van der Waals surface area contributed by atoms with Crippen molar-refractivity contribution in [2.75, 3.05) is 20.2 Å². The summed E-state index contributed by atoms with van der Waals surface area (Å²) in [6.45, 7) is 3.32. The topological polar surface area (TPSA) is 37.4 Å². The Morgan fingerprint density at radius 3 is 2.81 bits per heavy atom. The first-order chi connectivity index (χ1) is 10.3. The van der Waals surface area contributed by atoms with Gasteiger partial charge in [0.2, 0.25) is 5.88 Å². The lowest BCUT2D eigenvalue weighted by atomic mass is 10.0. The van der Waals surface area contributed by atoms with Crippen LogP contribution < -0.4 is 10.1 Å². The van der Waals surface area contributed by atoms with Crippen LogP contribution in [0.3, 0.4) is 0 Å². The number of methoxy groups -OCH3 is 1. The summed E-state index contributed by atoms with van der Waals surface area (Å²) in [4.78, 5) is 7.04. The number of hydrogen-bond donors (Lipinski definition) is 1. The van der Waals surface area contributed by atoms with Gasteiger partial charge in [-0.25, -0.2) is 4.98 Å². The fraction of sp³-hybridized carbons (Fsp3) is 0.706. The molecule has 2 heterocycles. The molecule has 3 aliphatic rings. The molecule has 2 saturated carbocycles. The number of nitrogens with one attached hydrogen (secondary N) is 1. The number of hydrogen-bond acceptors (Lipinski definition) is 4. The zero-order chi connectivity index (χ0) is 14.2. The van der Waals surface area contributed by atoms with E-state index in [1.165, 1.54) is 37.8 Å². The molecular weight excluding hydrogens is 262 g/mol. The molecule has 0 bridgehead atoms. The minimum Gasteiger partial charge on any atom is -0.481 e. The lowest BCUT2D eigenvalue weighted by Gasteiger charge is -2.41. The first-order valence-corrected chi connectivity index (χ1v) is 8.30. The van der Waals surface area contributed by atoms with Crippen molar-refractivity contribution in [1.82, 2.24) is 15.2 Å². The average Bonchev–Trinajstić information content (AvgIpc) is 3.40. The first kappa shape index (κ1) is 13.5. The van der Waals surface area contributed by atoms with Gasteiger partial charge in [0.15, 0.2) is 0 Å². The van der Waals surface area contributed by atoms with Crippen molar-refractivity contribution in [3.63, 3.8) is 0 Å². The van der Waals surface area contributed by atoms with E-state index >= 15 is 0 Å². The molecule has 2 unspecified atom stereocenters. The summed E-state index contributed by atoms with van der Waals surface area (Å²) in [5, 5.41) is 3.81. The fourth-order valence-corrected chi connectivity index (χ4v) is 3.74. The van der Waals surface area contributed by atoms with E-state index in [0.717, 1.165) is 30.8 Å². The lowest BCUT2D eigenvalue weighted by molar-refractivity contribution is 0.0992. The maximum Gasteiger partial charge on any atom is 0.217 e. The third-order valence-corrected chi connectivity index (χ3v) is 5.26. The molecule has 0 aromatic carbocycles. The molecule has 4 nitrogen and oxygen atoms in total. The molecule has 4 heteroatoms. The van der Waals surface area contributed by atoms with E-state index in [2.05, 4.69) is 21.3 Å². The SMILES string of the molecule is COc1ncccc1CN1CC(C2CC2)NCC1C1CC1. The van der Waals surface area contributed by atoms with Crippen LogP contribution in [0.4, 0.5) is 0 Å². The molecule has 21 heavy (non-hydrogen) atoms. The summed E-state index contributed by atoms with van der Waals surface area (Å²) in [5.41, 5.74) is 1.22. The second-order valence-electron chi connectivity index (χ2n) is 6.86. The summed E-state index contributed by atoms with van der Waals surface area (Å²) >= 11 is 0. The number of nitrogens with zero attached hydrogens (tertiary/aromatic N) is 2. The maximum atomic E-state index is 5.43. The van der Waals surface area contributed by atoms with Gasteiger partial charge in [-0.05, 0) is 43.6 Å². The van der Waals surface area contributed by atoms with Crippen molar-refractivity contribution >= 4 is 0 Å². The number of pyridine rings is 1. The number of rotatable bonds is 5. The van der Waals surface area contributed by atoms with E-state index in [1.807, 2.05) is 12.3 Å². The Hall–Kier alpha value is -1.13. The zero-order valence-corrected chi connectivity index (χ0v) is 12.8. The molecule has 2 aliphatic carbocycles. The predicted molar refractivity (Wildman–Crippen MR) is 82.2 cm³/mol. The Bertz CT molecular complexity index is 499. The molecule has 3 fully saturated rings. The predicted octanol–water partition coefficient (Wildman–Crippen LogP) is 2.05. The van der Waals surface area contributed by atoms with Crippen LogP contribution in [0.1, 0.15) is 31.2 Å². The Morgan fingerprint density at radius 1 is 1.29 bits per heavy atom. The fourth-order valence-electron chi connectivity index (χ4n) is 3.74. The molecule has 0 spiro atoms. The van der Waals surface area contributed by atoms with Crippen molar-refractivity contribution in [3.05, 3.63) is 23.9 Å². The van der Waals surface area contributed by atoms with Gasteiger partial charge in [0.05, 0.1) is 7.11 Å². The first-order valence-electron chi connectivity index (χ1n) is 8.30. The second kappa shape index (κ2) is 5.58. The van der Waals surface area contributed by atoms with E-state index in [-0.39, 0.29) is 0 Å². The lowest BCUT2D eigenvalue weighted by Crippen LogP contribution is -2.57. The molecule has 0 amide bonds. The van der Waals surface area contributed by atoms with Gasteiger partial charge in [-0.2, -0.15) is 0 Å². The normalized spacial score (nSPS) is 30.3. The van der Waals surface area contributed by atoms with Crippen molar-refractivity contribution in [1.29, 1.82) is 0 Å². The molecule has 1 aromatic rings. The summed E-state index contributed by atoms with van der Waals surface area (Å²) < 4.78 is 5.43. The minimum atomic E-state index is 0.697. The third kappa shape index (κ3) is 2.92. The summed E-state index contributed by atoms with van der Waals surface area (Å²) in [5.74, 6) is 2.61. The van der Waals surface area contributed by atoms with Crippen molar-refractivity contribution < 1.29 is 4.74 Å². The van der Waals surface area contributed by atoms with Crippen molar-refractivity contribution in [2.45, 2.75) is 44.3 Å². The van der Waals surface area contributed by atoms with Crippen LogP contribution in [-0.2, 0) is 6.54 Å². The van der Waals surface area contributed by atoms with Crippen LogP contribution in [0.15, 0.2) is 18.3 Å². The van der Waals surface area contributed by atoms with E-state index in [0.29, 0.717) is 12.1 Å². The van der Waals surface area contributed by atoms with Crippen LogP contribution in [0.25, 0.3) is 0 Å². The molecule has 1 saturated heterocycles. The third-order valence-electron chi connectivity index (χ3n) is 5.26. The molecule has 114 valence electrons. The van der Waals surface area contributed by atoms with Gasteiger partial charge >= 0.3 is 0 Å². The molecule has 1 N–H and O–H groups in total. The van der Waals surface area contributed by atoms with E-state index < -0.39 is 0 Å². The van der Waals surface area contributed by atoms with Gasteiger partial charge in [0.1, 0.15) is 0 Å². The summed E-state index contributed by atoms with van der Waals surface area (Å²) in [7, 11) is 1.72. The minimum absolute atomic E-state index is 0.697. The Labute approximate surface area is 126 Å². The highest BCUT2D eigenvalue weighted by Crippen LogP contribution is 2.40. The highest BCUT2D eigenvalue weighted by molar-refractivity contribution is 5.25. The Balaban J connectivity index is 1.51. The largest absolute Gasteiger partial charge is 0.481 e. The molecule has 0 radical (unpaired) electrons. The second-order valence-corrected chi connectivity index (χ2v) is 6.86. The monoisotopic (exact) mass is 287 g/mol. The van der Waals surface area contributed by atoms with Gasteiger partial charge in [-0.1, -0.05) is 6.07 Å². The smallest absolute Gasteiger partial charge is 0.217 e. The average molecular weight is 287 g/mol. The van der Waals surface area contributed by atoms with Crippen LogP contribution in [-0.4, -0.2) is 42.2 Å². The van der Waals surface area contributed by atoms with Crippen LogP contribution in [0, 0.1) is 11.8 Å². The highest BCUT2D eigenvalue weighted by atomic mass is 16.5. The number of piperazine rings is 1. The van der Waals surface area contributed by atoms with E-state index in [4.69, 9.17) is 4.74 Å². The molecule has 1 aromatic heterocycles. The van der Waals surface area contributed by atoms with E-state index in [9.17, 15) is 0 Å². The Morgan fingerprint density at radius 2 is 2.10 bits per heavy atom. The van der Waals surface area contributed by atoms with Gasteiger partial charge in [-0.3, -0.25) is 4.90 Å².